The maximum absolute atomic E-state index is 12.8. The largest absolute Gasteiger partial charge is 0.354 e. The first kappa shape index (κ1) is 17.6. The van der Waals surface area contributed by atoms with Crippen LogP contribution in [0.4, 0.5) is 11.8 Å². The summed E-state index contributed by atoms with van der Waals surface area (Å²) in [6, 6.07) is 0.811. The summed E-state index contributed by atoms with van der Waals surface area (Å²) in [5.74, 6) is 1.86. The van der Waals surface area contributed by atoms with Crippen LogP contribution in [0.3, 0.4) is 0 Å². The van der Waals surface area contributed by atoms with E-state index in [-0.39, 0.29) is 5.91 Å². The molecule has 1 saturated heterocycles. The van der Waals surface area contributed by atoms with Gasteiger partial charge in [-0.3, -0.25) is 4.79 Å². The quantitative estimate of drug-likeness (QED) is 0.848. The zero-order valence-corrected chi connectivity index (χ0v) is 16.1. The number of nitrogens with one attached hydrogen (secondary N) is 2. The van der Waals surface area contributed by atoms with Gasteiger partial charge in [0, 0.05) is 36.8 Å². The summed E-state index contributed by atoms with van der Waals surface area (Å²) < 4.78 is 0. The van der Waals surface area contributed by atoms with Crippen LogP contribution < -0.4 is 15.5 Å². The number of rotatable bonds is 5. The van der Waals surface area contributed by atoms with E-state index in [2.05, 4.69) is 34.4 Å². The zero-order valence-electron chi connectivity index (χ0n) is 16.1. The fourth-order valence-corrected chi connectivity index (χ4v) is 5.07. The lowest BCUT2D eigenvalue weighted by molar-refractivity contribution is -0.123. The molecule has 1 saturated carbocycles. The van der Waals surface area contributed by atoms with Gasteiger partial charge in [-0.1, -0.05) is 33.1 Å². The molecule has 2 N–H and O–H groups in total. The third kappa shape index (κ3) is 2.83. The van der Waals surface area contributed by atoms with Gasteiger partial charge in [-0.2, -0.15) is 4.98 Å². The molecule has 1 amide bonds. The second-order valence-corrected chi connectivity index (χ2v) is 8.08. The first-order valence-electron chi connectivity index (χ1n) is 10.4. The molecule has 6 nitrogen and oxygen atoms in total. The zero-order chi connectivity index (χ0) is 18.1. The molecule has 2 aliphatic heterocycles. The number of hydrogen-bond donors (Lipinski definition) is 2. The molecule has 1 atom stereocenters. The molecule has 4 rings (SSSR count). The van der Waals surface area contributed by atoms with E-state index >= 15 is 0 Å². The highest BCUT2D eigenvalue weighted by atomic mass is 16.2. The predicted octanol–water partition coefficient (Wildman–Crippen LogP) is 3.03. The minimum absolute atomic E-state index is 0.157. The maximum atomic E-state index is 12.8. The van der Waals surface area contributed by atoms with E-state index in [0.717, 1.165) is 49.6 Å². The number of carbonyl (C=O) groups excluding carboxylic acids is 1. The summed E-state index contributed by atoms with van der Waals surface area (Å²) in [4.78, 5) is 24.6. The molecular formula is C20H31N5O. The minimum Gasteiger partial charge on any atom is -0.354 e. The van der Waals surface area contributed by atoms with Gasteiger partial charge in [0.25, 0.3) is 0 Å². The van der Waals surface area contributed by atoms with Gasteiger partial charge in [-0.25, -0.2) is 4.98 Å². The van der Waals surface area contributed by atoms with Crippen molar-refractivity contribution in [2.45, 2.75) is 89.3 Å². The number of nitrogens with zero attached hydrogens (tertiary/aromatic N) is 3. The van der Waals surface area contributed by atoms with E-state index in [1.807, 2.05) is 6.20 Å². The molecular weight excluding hydrogens is 326 g/mol. The maximum Gasteiger partial charge on any atom is 0.246 e. The third-order valence-electron chi connectivity index (χ3n) is 6.51. The molecule has 1 aromatic rings. The van der Waals surface area contributed by atoms with Crippen molar-refractivity contribution in [2.75, 3.05) is 16.8 Å². The van der Waals surface area contributed by atoms with Crippen molar-refractivity contribution in [3.63, 3.8) is 0 Å². The average molecular weight is 358 g/mol. The fraction of sp³-hybridized carbons (Fsp3) is 0.750. The molecule has 142 valence electrons. The van der Waals surface area contributed by atoms with Crippen LogP contribution in [-0.4, -0.2) is 40.0 Å². The molecule has 3 aliphatic rings. The first-order chi connectivity index (χ1) is 12.7. The number of aromatic nitrogens is 2. The number of anilines is 2. The van der Waals surface area contributed by atoms with Crippen LogP contribution in [0.25, 0.3) is 0 Å². The molecule has 1 aliphatic carbocycles. The predicted molar refractivity (Wildman–Crippen MR) is 103 cm³/mol. The molecule has 0 bridgehead atoms. The molecule has 2 fully saturated rings. The van der Waals surface area contributed by atoms with Crippen LogP contribution in [0.1, 0.15) is 70.8 Å². The van der Waals surface area contributed by atoms with Gasteiger partial charge < -0.3 is 15.5 Å². The normalized spacial score (nSPS) is 25.8. The summed E-state index contributed by atoms with van der Waals surface area (Å²) in [6.45, 7) is 5.16. The number of fused-ring (bicyclic) bond motifs is 1. The molecule has 26 heavy (non-hydrogen) atoms. The van der Waals surface area contributed by atoms with Gasteiger partial charge in [-0.05, 0) is 32.1 Å². The highest BCUT2D eigenvalue weighted by Crippen LogP contribution is 2.44. The minimum atomic E-state index is -0.461. The van der Waals surface area contributed by atoms with Crippen molar-refractivity contribution in [3.05, 3.63) is 11.8 Å². The third-order valence-corrected chi connectivity index (χ3v) is 6.51. The fourth-order valence-electron chi connectivity index (χ4n) is 5.07. The standard InChI is InChI=1S/C20H31N5O/c1-3-16(4-2)25-17-14(12-20(25)10-11-21-18(20)26)13-22-19(24-17)23-15-8-6-5-7-9-15/h13,15-16H,3-12H2,1-2H3,(H,21,26)(H,22,23,24). The Morgan fingerprint density at radius 2 is 2.08 bits per heavy atom. The van der Waals surface area contributed by atoms with Crippen LogP contribution in [0.2, 0.25) is 0 Å². The summed E-state index contributed by atoms with van der Waals surface area (Å²) in [5, 5.41) is 6.60. The van der Waals surface area contributed by atoms with E-state index in [4.69, 9.17) is 4.98 Å². The van der Waals surface area contributed by atoms with Crippen molar-refractivity contribution in [2.24, 2.45) is 0 Å². The molecule has 1 spiro atoms. The highest BCUT2D eigenvalue weighted by molar-refractivity contribution is 5.94. The highest BCUT2D eigenvalue weighted by Gasteiger charge is 2.54. The van der Waals surface area contributed by atoms with Gasteiger partial charge in [-0.15, -0.1) is 0 Å². The van der Waals surface area contributed by atoms with Gasteiger partial charge >= 0.3 is 0 Å². The Balaban J connectivity index is 1.66. The van der Waals surface area contributed by atoms with Gasteiger partial charge in [0.15, 0.2) is 0 Å². The number of carbonyl (C=O) groups is 1. The van der Waals surface area contributed by atoms with E-state index in [1.165, 1.54) is 32.1 Å². The lowest BCUT2D eigenvalue weighted by atomic mass is 9.90. The number of hydrogen-bond acceptors (Lipinski definition) is 5. The van der Waals surface area contributed by atoms with Crippen molar-refractivity contribution in [1.82, 2.24) is 15.3 Å². The monoisotopic (exact) mass is 357 g/mol. The SMILES string of the molecule is CCC(CC)N1c2nc(NC3CCCCC3)ncc2CC12CCNC2=O. The Hall–Kier alpha value is -1.85. The van der Waals surface area contributed by atoms with Crippen LogP contribution >= 0.6 is 0 Å². The summed E-state index contributed by atoms with van der Waals surface area (Å²) in [7, 11) is 0. The van der Waals surface area contributed by atoms with Crippen molar-refractivity contribution < 1.29 is 4.79 Å². The van der Waals surface area contributed by atoms with E-state index in [1.54, 1.807) is 0 Å². The van der Waals surface area contributed by atoms with Crippen LogP contribution in [0.5, 0.6) is 0 Å². The van der Waals surface area contributed by atoms with Crippen LogP contribution in [-0.2, 0) is 11.2 Å². The second kappa shape index (κ2) is 7.05. The molecule has 1 aromatic heterocycles. The van der Waals surface area contributed by atoms with Gasteiger partial charge in [0.2, 0.25) is 11.9 Å². The second-order valence-electron chi connectivity index (χ2n) is 8.08. The lowest BCUT2D eigenvalue weighted by Crippen LogP contribution is -2.56. The Morgan fingerprint density at radius 3 is 2.73 bits per heavy atom. The molecule has 1 unspecified atom stereocenters. The average Bonchev–Trinajstić information content (AvgIpc) is 3.18. The molecule has 6 heteroatoms. The topological polar surface area (TPSA) is 70.2 Å². The van der Waals surface area contributed by atoms with Gasteiger partial charge in [0.05, 0.1) is 0 Å². The van der Waals surface area contributed by atoms with Crippen molar-refractivity contribution >= 4 is 17.7 Å². The van der Waals surface area contributed by atoms with E-state index in [0.29, 0.717) is 12.1 Å². The molecule has 3 heterocycles. The lowest BCUT2D eigenvalue weighted by Gasteiger charge is -2.39. The Bertz CT molecular complexity index is 668. The van der Waals surface area contributed by atoms with Crippen molar-refractivity contribution in [3.8, 4) is 0 Å². The summed E-state index contributed by atoms with van der Waals surface area (Å²) >= 11 is 0. The van der Waals surface area contributed by atoms with Gasteiger partial charge in [0.1, 0.15) is 11.4 Å². The number of amides is 1. The van der Waals surface area contributed by atoms with Crippen LogP contribution in [0, 0.1) is 0 Å². The Kier molecular flexibility index (Phi) is 4.76. The summed E-state index contributed by atoms with van der Waals surface area (Å²) in [6.07, 6.45) is 11.9. The molecule has 0 aromatic carbocycles. The smallest absolute Gasteiger partial charge is 0.246 e. The Labute approximate surface area is 156 Å². The molecule has 0 radical (unpaired) electrons. The van der Waals surface area contributed by atoms with Crippen LogP contribution in [0.15, 0.2) is 6.20 Å². The van der Waals surface area contributed by atoms with E-state index < -0.39 is 5.54 Å². The Morgan fingerprint density at radius 1 is 1.31 bits per heavy atom. The summed E-state index contributed by atoms with van der Waals surface area (Å²) in [5.41, 5.74) is 0.653. The first-order valence-corrected chi connectivity index (χ1v) is 10.4. The van der Waals surface area contributed by atoms with E-state index in [9.17, 15) is 4.79 Å². The van der Waals surface area contributed by atoms with Crippen molar-refractivity contribution in [1.29, 1.82) is 0 Å².